The van der Waals surface area contributed by atoms with E-state index in [-0.39, 0.29) is 34.9 Å². The van der Waals surface area contributed by atoms with Crippen molar-refractivity contribution in [3.05, 3.63) is 125 Å². The molecule has 43 heavy (non-hydrogen) atoms. The molecule has 2 bridgehead atoms. The number of para-hydroxylation sites is 3. The molecule has 2 atom stereocenters. The van der Waals surface area contributed by atoms with Crippen LogP contribution in [0.1, 0.15) is 51.4 Å². The van der Waals surface area contributed by atoms with Crippen molar-refractivity contribution in [2.24, 2.45) is 11.8 Å². The number of hydrogen-bond acceptors (Lipinski definition) is 6. The lowest BCUT2D eigenvalue weighted by Gasteiger charge is -2.45. The highest BCUT2D eigenvalue weighted by molar-refractivity contribution is 6.25. The zero-order valence-corrected chi connectivity index (χ0v) is 23.4. The second kappa shape index (κ2) is 10.5. The fraction of sp³-hybridized carbons (Fsp3) is 0.200. The second-order valence-corrected chi connectivity index (χ2v) is 10.8. The van der Waals surface area contributed by atoms with Crippen molar-refractivity contribution in [1.29, 1.82) is 0 Å². The van der Waals surface area contributed by atoms with E-state index in [1.54, 1.807) is 42.5 Å². The minimum Gasteiger partial charge on any atom is -0.492 e. The molecular weight excluding hydrogens is 544 g/mol. The highest BCUT2D eigenvalue weighted by Gasteiger charge is 2.62. The fourth-order valence-corrected chi connectivity index (χ4v) is 7.00. The van der Waals surface area contributed by atoms with Crippen LogP contribution in [-0.2, 0) is 19.1 Å². The third-order valence-electron chi connectivity index (χ3n) is 8.61. The Morgan fingerprint density at radius 2 is 1.23 bits per heavy atom. The Hall–Kier alpha value is -5.24. The summed E-state index contributed by atoms with van der Waals surface area (Å²) >= 11 is 0. The lowest BCUT2D eigenvalue weighted by atomic mass is 9.55. The zero-order chi connectivity index (χ0) is 29.7. The summed E-state index contributed by atoms with van der Waals surface area (Å²) in [4.78, 5) is 55.4. The Morgan fingerprint density at radius 1 is 0.721 bits per heavy atom. The first kappa shape index (κ1) is 26.6. The summed E-state index contributed by atoms with van der Waals surface area (Å²) < 4.78 is 10.9. The van der Waals surface area contributed by atoms with E-state index in [4.69, 9.17) is 9.47 Å². The number of carbonyl (C=O) groups excluding carboxylic acids is 4. The Morgan fingerprint density at radius 3 is 1.81 bits per heavy atom. The van der Waals surface area contributed by atoms with Crippen molar-refractivity contribution >= 4 is 35.1 Å². The largest absolute Gasteiger partial charge is 0.492 e. The molecule has 1 fully saturated rings. The highest BCUT2D eigenvalue weighted by Crippen LogP contribution is 2.61. The summed E-state index contributed by atoms with van der Waals surface area (Å²) in [6.45, 7) is 1.70. The molecule has 0 radical (unpaired) electrons. The number of nitrogens with one attached hydrogen (secondary N) is 1. The van der Waals surface area contributed by atoms with Gasteiger partial charge in [0.2, 0.25) is 11.8 Å². The van der Waals surface area contributed by atoms with E-state index in [2.05, 4.69) is 5.32 Å². The lowest BCUT2D eigenvalue weighted by molar-refractivity contribution is -0.122. The van der Waals surface area contributed by atoms with E-state index >= 15 is 0 Å². The summed E-state index contributed by atoms with van der Waals surface area (Å²) in [7, 11) is 0. The molecule has 4 aromatic carbocycles. The topological polar surface area (TPSA) is 102 Å². The number of imide groups is 1. The number of esters is 1. The van der Waals surface area contributed by atoms with Gasteiger partial charge < -0.3 is 14.8 Å². The molecule has 4 aliphatic rings. The van der Waals surface area contributed by atoms with Gasteiger partial charge >= 0.3 is 5.97 Å². The number of rotatable bonds is 7. The van der Waals surface area contributed by atoms with E-state index < -0.39 is 30.3 Å². The Bertz CT molecular complexity index is 1680. The summed E-state index contributed by atoms with van der Waals surface area (Å²) in [6.07, 6.45) is 0. The minimum atomic E-state index is -0.811. The maximum Gasteiger partial charge on any atom is 0.340 e. The van der Waals surface area contributed by atoms with Crippen LogP contribution < -0.4 is 15.0 Å². The molecule has 0 spiro atoms. The number of amides is 3. The molecule has 8 rings (SSSR count). The molecule has 3 amide bonds. The Labute approximate surface area is 248 Å². The van der Waals surface area contributed by atoms with E-state index in [9.17, 15) is 19.2 Å². The average Bonchev–Trinajstić information content (AvgIpc) is 3.30. The van der Waals surface area contributed by atoms with Crippen molar-refractivity contribution in [3.8, 4) is 5.75 Å². The molecule has 1 saturated heterocycles. The summed E-state index contributed by atoms with van der Waals surface area (Å²) in [5.74, 6) is -3.21. The fourth-order valence-electron chi connectivity index (χ4n) is 7.00. The quantitative estimate of drug-likeness (QED) is 0.239. The molecule has 1 heterocycles. The molecule has 1 N–H and O–H groups in total. The first-order valence-corrected chi connectivity index (χ1v) is 14.3. The zero-order valence-electron chi connectivity index (χ0n) is 23.4. The lowest BCUT2D eigenvalue weighted by Crippen LogP contribution is -2.41. The SMILES string of the molecule is CCOc1ccccc1NC(=O)COC(=O)c1ccccc1N1C(=O)[C@H]2C3c4ccccc4C(c4ccccc43)[C@@H]2C1=O. The number of anilines is 2. The Balaban J connectivity index is 1.16. The minimum absolute atomic E-state index is 0.0349. The van der Waals surface area contributed by atoms with Crippen LogP contribution in [0.25, 0.3) is 0 Å². The van der Waals surface area contributed by atoms with Gasteiger partial charge in [-0.2, -0.15) is 0 Å². The van der Waals surface area contributed by atoms with Gasteiger partial charge in [0.05, 0.1) is 35.4 Å². The van der Waals surface area contributed by atoms with Crippen molar-refractivity contribution in [3.63, 3.8) is 0 Å². The van der Waals surface area contributed by atoms with Gasteiger partial charge in [-0.3, -0.25) is 14.4 Å². The number of carbonyl (C=O) groups is 4. The molecule has 4 aromatic rings. The maximum atomic E-state index is 14.2. The second-order valence-electron chi connectivity index (χ2n) is 10.8. The van der Waals surface area contributed by atoms with Crippen LogP contribution in [0.3, 0.4) is 0 Å². The monoisotopic (exact) mass is 572 g/mol. The van der Waals surface area contributed by atoms with E-state index in [0.29, 0.717) is 18.0 Å². The number of nitrogens with zero attached hydrogens (tertiary/aromatic N) is 1. The van der Waals surface area contributed by atoms with Gasteiger partial charge in [-0.1, -0.05) is 72.8 Å². The van der Waals surface area contributed by atoms with Crippen molar-refractivity contribution in [2.75, 3.05) is 23.4 Å². The maximum absolute atomic E-state index is 14.2. The standard InChI is InChI=1S/C35H28N2O6/c1-2-42-27-18-10-8-16-25(27)36-28(38)19-43-35(41)24-15-7-9-17-26(24)37-33(39)31-29-20-11-3-4-12-21(20)30(32(31)34(37)40)23-14-6-5-13-22(23)29/h3-18,29-32H,2,19H2,1H3,(H,36,38)/t29?,30?,31-,32-/m0/s1. The molecular formula is C35H28N2O6. The van der Waals surface area contributed by atoms with Gasteiger partial charge in [-0.05, 0) is 53.4 Å². The van der Waals surface area contributed by atoms with Crippen LogP contribution >= 0.6 is 0 Å². The van der Waals surface area contributed by atoms with Crippen LogP contribution in [0.15, 0.2) is 97.1 Å². The van der Waals surface area contributed by atoms with Crippen LogP contribution in [-0.4, -0.2) is 36.9 Å². The number of ether oxygens (including phenoxy) is 2. The first-order valence-electron chi connectivity index (χ1n) is 14.3. The normalized spacial score (nSPS) is 21.1. The van der Waals surface area contributed by atoms with Gasteiger partial charge in [0.25, 0.3) is 5.91 Å². The van der Waals surface area contributed by atoms with E-state index in [1.807, 2.05) is 55.5 Å². The third-order valence-corrected chi connectivity index (χ3v) is 8.61. The smallest absolute Gasteiger partial charge is 0.340 e. The predicted molar refractivity (Wildman–Crippen MR) is 159 cm³/mol. The average molecular weight is 573 g/mol. The third kappa shape index (κ3) is 4.21. The van der Waals surface area contributed by atoms with Gasteiger partial charge in [-0.25, -0.2) is 9.69 Å². The molecule has 1 aliphatic heterocycles. The first-order chi connectivity index (χ1) is 21.0. The van der Waals surface area contributed by atoms with Gasteiger partial charge in [0.1, 0.15) is 5.75 Å². The molecule has 8 nitrogen and oxygen atoms in total. The predicted octanol–water partition coefficient (Wildman–Crippen LogP) is 5.28. The molecule has 0 unspecified atom stereocenters. The molecule has 0 saturated carbocycles. The van der Waals surface area contributed by atoms with Crippen LogP contribution in [0.5, 0.6) is 5.75 Å². The molecule has 0 aromatic heterocycles. The van der Waals surface area contributed by atoms with Gasteiger partial charge in [0.15, 0.2) is 6.61 Å². The van der Waals surface area contributed by atoms with Gasteiger partial charge in [0, 0.05) is 11.8 Å². The molecule has 3 aliphatic carbocycles. The summed E-state index contributed by atoms with van der Waals surface area (Å²) in [5, 5.41) is 2.69. The summed E-state index contributed by atoms with van der Waals surface area (Å²) in [6, 6.07) is 29.4. The molecule has 8 heteroatoms. The van der Waals surface area contributed by atoms with Crippen molar-refractivity contribution < 1.29 is 28.7 Å². The van der Waals surface area contributed by atoms with Gasteiger partial charge in [-0.15, -0.1) is 0 Å². The van der Waals surface area contributed by atoms with E-state index in [1.165, 1.54) is 6.07 Å². The van der Waals surface area contributed by atoms with Crippen molar-refractivity contribution in [2.45, 2.75) is 18.8 Å². The van der Waals surface area contributed by atoms with Crippen LogP contribution in [0, 0.1) is 11.8 Å². The Kier molecular flexibility index (Phi) is 6.54. The number of hydrogen-bond donors (Lipinski definition) is 1. The summed E-state index contributed by atoms with van der Waals surface area (Å²) in [5.41, 5.74) is 4.93. The van der Waals surface area contributed by atoms with Crippen LogP contribution in [0.2, 0.25) is 0 Å². The highest BCUT2D eigenvalue weighted by atomic mass is 16.5. The van der Waals surface area contributed by atoms with Crippen LogP contribution in [0.4, 0.5) is 11.4 Å². The van der Waals surface area contributed by atoms with Crippen molar-refractivity contribution in [1.82, 2.24) is 0 Å². The molecule has 214 valence electrons. The van der Waals surface area contributed by atoms with E-state index in [0.717, 1.165) is 27.2 Å². The number of benzene rings is 4.